The second-order valence-corrected chi connectivity index (χ2v) is 11.2. The van der Waals surface area contributed by atoms with Crippen molar-refractivity contribution in [2.45, 2.75) is 74.6 Å². The fourth-order valence-corrected chi connectivity index (χ4v) is 5.60. The molecule has 3 aliphatic rings. The van der Waals surface area contributed by atoms with Crippen molar-refractivity contribution in [3.63, 3.8) is 0 Å². The highest BCUT2D eigenvalue weighted by molar-refractivity contribution is 7.47. The number of nitrogens with two attached hydrogens (primary N) is 4. The maximum Gasteiger partial charge on any atom is 0.472 e. The molecule has 22 heteroatoms. The largest absolute Gasteiger partial charge is 0.472 e. The number of aliphatic hydroxyl groups is 2. The van der Waals surface area contributed by atoms with Crippen LogP contribution in [0, 0.1) is 0 Å². The van der Waals surface area contributed by atoms with Gasteiger partial charge >= 0.3 is 21.7 Å². The minimum atomic E-state index is -4.66. The first-order valence-corrected chi connectivity index (χ1v) is 14.2. The summed E-state index contributed by atoms with van der Waals surface area (Å²) >= 11 is 0. The van der Waals surface area contributed by atoms with Gasteiger partial charge in [0.15, 0.2) is 0 Å². The monoisotopic (exact) mass is 599 g/mol. The Labute approximate surface area is 216 Å². The standard InChI is InChI=1S/C15H31N3O13P2.CH4N2O2/c16-13-1-7(20)11(28-13)5-25-32(21,22)31-9-3-15(18)29-12(9)6-26-33(23,24)30-8-2-14(17)27-10(8)4-19;2-1(4)3-5/h7-15,19-20H,1-6,16-18H2,(H,21,22)(H,23,24);5H,(H3,2,3,4). The summed E-state index contributed by atoms with van der Waals surface area (Å²) in [5.41, 5.74) is 22.3. The Kier molecular flexibility index (Phi) is 12.9. The molecule has 0 radical (unpaired) electrons. The van der Waals surface area contributed by atoms with E-state index in [0.717, 1.165) is 0 Å². The first-order chi connectivity index (χ1) is 17.6. The van der Waals surface area contributed by atoms with Gasteiger partial charge in [0.25, 0.3) is 0 Å². The molecule has 38 heavy (non-hydrogen) atoms. The number of aliphatic hydroxyl groups excluding tert-OH is 2. The summed E-state index contributed by atoms with van der Waals surface area (Å²) in [6.07, 6.45) is -8.20. The van der Waals surface area contributed by atoms with Crippen LogP contribution in [-0.4, -0.2) is 106 Å². The number of hydroxylamine groups is 1. The number of ether oxygens (including phenoxy) is 3. The summed E-state index contributed by atoms with van der Waals surface area (Å²) in [5.74, 6) is 0. The molecule has 3 aliphatic heterocycles. The Balaban J connectivity index is 0.000000926. The number of phosphoric acid groups is 2. The molecule has 11 atom stereocenters. The van der Waals surface area contributed by atoms with Crippen molar-refractivity contribution in [3.05, 3.63) is 0 Å². The lowest BCUT2D eigenvalue weighted by Gasteiger charge is -2.24. The highest BCUT2D eigenvalue weighted by atomic mass is 31.2. The first kappa shape index (κ1) is 33.3. The van der Waals surface area contributed by atoms with Crippen LogP contribution in [0.15, 0.2) is 0 Å². The number of nitrogens with one attached hydrogen (secondary N) is 1. The lowest BCUT2D eigenvalue weighted by Crippen LogP contribution is -2.31. The minimum Gasteiger partial charge on any atom is -0.394 e. The van der Waals surface area contributed by atoms with Crippen LogP contribution in [0.5, 0.6) is 0 Å². The van der Waals surface area contributed by atoms with Crippen LogP contribution in [0.25, 0.3) is 0 Å². The molecule has 14 N–H and O–H groups in total. The molecule has 0 aromatic rings. The van der Waals surface area contributed by atoms with Crippen LogP contribution in [-0.2, 0) is 41.4 Å². The van der Waals surface area contributed by atoms with Crippen LogP contribution in [0.3, 0.4) is 0 Å². The van der Waals surface area contributed by atoms with Crippen molar-refractivity contribution >= 4 is 21.7 Å². The van der Waals surface area contributed by atoms with Crippen molar-refractivity contribution < 1.29 is 71.4 Å². The molecule has 0 saturated carbocycles. The predicted molar refractivity (Wildman–Crippen MR) is 121 cm³/mol. The van der Waals surface area contributed by atoms with Gasteiger partial charge in [-0.2, -0.15) is 0 Å². The molecule has 0 aromatic carbocycles. The molecule has 2 amide bonds. The third-order valence-electron chi connectivity index (χ3n) is 5.34. The fraction of sp³-hybridized carbons (Fsp3) is 0.938. The van der Waals surface area contributed by atoms with Crippen molar-refractivity contribution in [1.82, 2.24) is 5.48 Å². The maximum absolute atomic E-state index is 12.3. The van der Waals surface area contributed by atoms with Crippen molar-refractivity contribution in [2.24, 2.45) is 22.9 Å². The lowest BCUT2D eigenvalue weighted by molar-refractivity contribution is -0.0431. The number of hydrogen-bond donors (Lipinski definition) is 10. The van der Waals surface area contributed by atoms with Crippen LogP contribution < -0.4 is 28.4 Å². The van der Waals surface area contributed by atoms with Gasteiger partial charge in [-0.05, 0) is 0 Å². The summed E-state index contributed by atoms with van der Waals surface area (Å²) < 4.78 is 60.2. The van der Waals surface area contributed by atoms with Gasteiger partial charge in [0.1, 0.15) is 49.2 Å². The second-order valence-electron chi connectivity index (χ2n) is 8.39. The summed E-state index contributed by atoms with van der Waals surface area (Å²) in [5, 5.41) is 26.4. The average molecular weight is 599 g/mol. The number of rotatable bonds is 11. The third-order valence-corrected chi connectivity index (χ3v) is 7.37. The SMILES string of the molecule is NC(=O)NO.NC1CC(O)C(COP(=O)(O)OC2CC(N)OC2COP(=O)(O)OC2CC(N)OC2CO)O1. The van der Waals surface area contributed by atoms with Gasteiger partial charge in [-0.25, -0.2) is 19.4 Å². The number of urea groups is 1. The molecule has 3 fully saturated rings. The quantitative estimate of drug-likeness (QED) is 0.0628. The van der Waals surface area contributed by atoms with E-state index >= 15 is 0 Å². The Bertz CT molecular complexity index is 860. The Morgan fingerprint density at radius 3 is 1.66 bits per heavy atom. The molecular weight excluding hydrogens is 564 g/mol. The van der Waals surface area contributed by atoms with Gasteiger partial charge in [-0.15, -0.1) is 0 Å². The Hall–Kier alpha value is -0.870. The van der Waals surface area contributed by atoms with E-state index in [4.69, 9.17) is 54.7 Å². The zero-order valence-corrected chi connectivity index (χ0v) is 21.8. The molecule has 3 heterocycles. The van der Waals surface area contributed by atoms with E-state index in [1.165, 1.54) is 5.48 Å². The van der Waals surface area contributed by atoms with Crippen LogP contribution >= 0.6 is 15.6 Å². The number of primary amides is 1. The highest BCUT2D eigenvalue weighted by Crippen LogP contribution is 2.50. The van der Waals surface area contributed by atoms with Gasteiger partial charge in [-0.3, -0.25) is 23.3 Å². The van der Waals surface area contributed by atoms with Gasteiger partial charge in [0.2, 0.25) is 0 Å². The molecule has 0 bridgehead atoms. The minimum absolute atomic E-state index is 0.0378. The summed E-state index contributed by atoms with van der Waals surface area (Å²) in [7, 11) is -9.31. The fourth-order valence-electron chi connectivity index (χ4n) is 3.68. The van der Waals surface area contributed by atoms with Gasteiger partial charge in [0.05, 0.1) is 25.9 Å². The molecule has 0 aliphatic carbocycles. The molecule has 3 saturated heterocycles. The summed E-state index contributed by atoms with van der Waals surface area (Å²) in [4.78, 5) is 29.2. The maximum atomic E-state index is 12.3. The Morgan fingerprint density at radius 2 is 1.24 bits per heavy atom. The topological polar surface area (TPSA) is 333 Å². The molecule has 20 nitrogen and oxygen atoms in total. The number of carbonyl (C=O) groups is 1. The van der Waals surface area contributed by atoms with E-state index in [-0.39, 0.29) is 19.3 Å². The van der Waals surface area contributed by atoms with E-state index in [2.05, 4.69) is 5.73 Å². The van der Waals surface area contributed by atoms with Crippen molar-refractivity contribution in [1.29, 1.82) is 0 Å². The molecule has 224 valence electrons. The van der Waals surface area contributed by atoms with Crippen molar-refractivity contribution in [2.75, 3.05) is 19.8 Å². The van der Waals surface area contributed by atoms with Gasteiger partial charge in [-0.1, -0.05) is 0 Å². The lowest BCUT2D eigenvalue weighted by atomic mass is 10.2. The zero-order valence-electron chi connectivity index (χ0n) is 20.0. The van der Waals surface area contributed by atoms with E-state index in [9.17, 15) is 33.9 Å². The van der Waals surface area contributed by atoms with E-state index in [1.54, 1.807) is 0 Å². The van der Waals surface area contributed by atoms with E-state index in [0.29, 0.717) is 0 Å². The zero-order chi connectivity index (χ0) is 28.7. The van der Waals surface area contributed by atoms with Gasteiger partial charge in [0, 0.05) is 19.3 Å². The number of carbonyl (C=O) groups excluding carboxylic acids is 1. The van der Waals surface area contributed by atoms with Crippen LogP contribution in [0.1, 0.15) is 19.3 Å². The molecule has 0 aromatic heterocycles. The molecule has 11 unspecified atom stereocenters. The summed E-state index contributed by atoms with van der Waals surface area (Å²) in [6, 6.07) is -0.940. The first-order valence-electron chi connectivity index (χ1n) is 11.2. The average Bonchev–Trinajstić information content (AvgIpc) is 3.45. The van der Waals surface area contributed by atoms with Crippen LogP contribution in [0.2, 0.25) is 0 Å². The van der Waals surface area contributed by atoms with Crippen LogP contribution in [0.4, 0.5) is 4.79 Å². The predicted octanol–water partition coefficient (Wildman–Crippen LogP) is -3.39. The number of hydrogen-bond acceptors (Lipinski definition) is 16. The van der Waals surface area contributed by atoms with Gasteiger partial charge < -0.3 is 57.1 Å². The summed E-state index contributed by atoms with van der Waals surface area (Å²) in [6.45, 7) is -1.51. The number of amides is 2. The highest BCUT2D eigenvalue weighted by Gasteiger charge is 2.44. The second kappa shape index (κ2) is 14.7. The van der Waals surface area contributed by atoms with E-state index < -0.39 is 96.8 Å². The third kappa shape index (κ3) is 11.0. The van der Waals surface area contributed by atoms with E-state index in [1.807, 2.05) is 0 Å². The number of phosphoric ester groups is 2. The normalized spacial score (nSPS) is 38.2. The molecular formula is C16H35N5O15P2. The Morgan fingerprint density at radius 1 is 0.842 bits per heavy atom. The smallest absolute Gasteiger partial charge is 0.394 e. The molecule has 0 spiro atoms. The van der Waals surface area contributed by atoms with Crippen molar-refractivity contribution in [3.8, 4) is 0 Å². The molecule has 3 rings (SSSR count).